The van der Waals surface area contributed by atoms with E-state index in [0.29, 0.717) is 11.7 Å². The number of aliphatic hydroxyl groups excluding tert-OH is 1. The predicted octanol–water partition coefficient (Wildman–Crippen LogP) is 2.77. The highest BCUT2D eigenvalue weighted by molar-refractivity contribution is 5.94. The highest BCUT2D eigenvalue weighted by Gasteiger charge is 2.26. The van der Waals surface area contributed by atoms with Crippen molar-refractivity contribution >= 4 is 22.5 Å². The number of imidazole rings is 1. The second kappa shape index (κ2) is 7.44. The van der Waals surface area contributed by atoms with Crippen LogP contribution in [0.3, 0.4) is 0 Å². The maximum absolute atomic E-state index is 12.6. The number of hydrogen-bond acceptors (Lipinski definition) is 5. The van der Waals surface area contributed by atoms with Gasteiger partial charge in [0, 0.05) is 37.4 Å². The summed E-state index contributed by atoms with van der Waals surface area (Å²) in [7, 11) is 1.93. The lowest BCUT2D eigenvalue weighted by Gasteiger charge is -2.26. The second-order valence-corrected chi connectivity index (χ2v) is 7.27. The maximum atomic E-state index is 12.6. The zero-order valence-corrected chi connectivity index (χ0v) is 15.3. The molecule has 3 aromatic rings. The highest BCUT2D eigenvalue weighted by atomic mass is 16.3. The molecule has 27 heavy (non-hydrogen) atoms. The molecule has 0 saturated heterocycles. The number of nitrogens with zero attached hydrogens (tertiary/aromatic N) is 4. The number of amides is 1. The number of pyridine rings is 2. The third-order valence-corrected chi connectivity index (χ3v) is 5.41. The summed E-state index contributed by atoms with van der Waals surface area (Å²) in [5, 5.41) is 14.1. The fourth-order valence-corrected chi connectivity index (χ4v) is 3.69. The molecule has 1 aliphatic rings. The summed E-state index contributed by atoms with van der Waals surface area (Å²) in [4.78, 5) is 25.5. The fourth-order valence-electron chi connectivity index (χ4n) is 3.69. The van der Waals surface area contributed by atoms with Crippen LogP contribution in [0.2, 0.25) is 0 Å². The number of rotatable bonds is 4. The molecule has 0 aromatic carbocycles. The Kier molecular flexibility index (Phi) is 4.85. The Labute approximate surface area is 157 Å². The highest BCUT2D eigenvalue weighted by Crippen LogP contribution is 2.29. The van der Waals surface area contributed by atoms with E-state index in [1.54, 1.807) is 24.9 Å². The van der Waals surface area contributed by atoms with Crippen molar-refractivity contribution in [3.8, 4) is 11.4 Å². The normalized spacial score (nSPS) is 19.9. The molecule has 1 amide bonds. The minimum absolute atomic E-state index is 0.00672. The van der Waals surface area contributed by atoms with Crippen LogP contribution in [0.4, 0.5) is 5.82 Å². The lowest BCUT2D eigenvalue weighted by atomic mass is 9.82. The van der Waals surface area contributed by atoms with Crippen molar-refractivity contribution in [2.24, 2.45) is 18.9 Å². The molecule has 4 rings (SSSR count). The van der Waals surface area contributed by atoms with Crippen molar-refractivity contribution in [2.75, 3.05) is 11.9 Å². The minimum atomic E-state index is -0.00672. The Morgan fingerprint density at radius 3 is 2.63 bits per heavy atom. The molecule has 0 bridgehead atoms. The quantitative estimate of drug-likeness (QED) is 0.742. The van der Waals surface area contributed by atoms with Gasteiger partial charge in [-0.25, -0.2) is 9.97 Å². The third kappa shape index (κ3) is 3.68. The van der Waals surface area contributed by atoms with Gasteiger partial charge < -0.3 is 15.0 Å². The van der Waals surface area contributed by atoms with Crippen molar-refractivity contribution in [2.45, 2.75) is 25.7 Å². The van der Waals surface area contributed by atoms with E-state index in [4.69, 9.17) is 0 Å². The topological polar surface area (TPSA) is 92.9 Å². The number of aromatic nitrogens is 4. The summed E-state index contributed by atoms with van der Waals surface area (Å²) < 4.78 is 1.92. The number of anilines is 1. The van der Waals surface area contributed by atoms with E-state index in [9.17, 15) is 9.90 Å². The number of aliphatic hydroxyl groups is 1. The molecule has 7 nitrogen and oxygen atoms in total. The Hall–Kier alpha value is -2.80. The van der Waals surface area contributed by atoms with Crippen LogP contribution in [0, 0.1) is 11.8 Å². The van der Waals surface area contributed by atoms with Gasteiger partial charge in [0.1, 0.15) is 5.82 Å². The SMILES string of the molecule is Cn1cncc1-c1cc2cc(NC(=O)C3CCC(CO)CC3)ncc2cn1. The molecule has 2 N–H and O–H groups in total. The average Bonchev–Trinajstić information content (AvgIpc) is 3.13. The first kappa shape index (κ1) is 17.6. The molecule has 1 aliphatic carbocycles. The van der Waals surface area contributed by atoms with Crippen molar-refractivity contribution in [3.63, 3.8) is 0 Å². The summed E-state index contributed by atoms with van der Waals surface area (Å²) in [6.07, 6.45) is 10.5. The second-order valence-electron chi connectivity index (χ2n) is 7.27. The van der Waals surface area contributed by atoms with E-state index in [1.807, 2.05) is 23.7 Å². The number of aryl methyl sites for hydroxylation is 1. The molecule has 0 atom stereocenters. The van der Waals surface area contributed by atoms with Gasteiger partial charge in [0.15, 0.2) is 0 Å². The van der Waals surface area contributed by atoms with Crippen molar-refractivity contribution < 1.29 is 9.90 Å². The summed E-state index contributed by atoms with van der Waals surface area (Å²) in [6.45, 7) is 0.216. The van der Waals surface area contributed by atoms with Crippen molar-refractivity contribution in [3.05, 3.63) is 37.1 Å². The van der Waals surface area contributed by atoms with E-state index in [2.05, 4.69) is 20.3 Å². The first-order valence-electron chi connectivity index (χ1n) is 9.28. The van der Waals surface area contributed by atoms with Crippen LogP contribution >= 0.6 is 0 Å². The molecule has 1 fully saturated rings. The number of carbonyl (C=O) groups is 1. The van der Waals surface area contributed by atoms with Gasteiger partial charge in [0.2, 0.25) is 5.91 Å². The molecule has 0 spiro atoms. The Bertz CT molecular complexity index is 960. The van der Waals surface area contributed by atoms with Gasteiger partial charge in [0.05, 0.1) is 23.9 Å². The molecule has 0 aliphatic heterocycles. The van der Waals surface area contributed by atoms with Gasteiger partial charge in [0.25, 0.3) is 0 Å². The zero-order chi connectivity index (χ0) is 18.8. The number of carbonyl (C=O) groups excluding carboxylic acids is 1. The van der Waals surface area contributed by atoms with Gasteiger partial charge in [-0.1, -0.05) is 0 Å². The first-order chi connectivity index (χ1) is 13.1. The van der Waals surface area contributed by atoms with Crippen LogP contribution < -0.4 is 5.32 Å². The zero-order valence-electron chi connectivity index (χ0n) is 15.3. The predicted molar refractivity (Wildman–Crippen MR) is 103 cm³/mol. The molecule has 0 unspecified atom stereocenters. The minimum Gasteiger partial charge on any atom is -0.396 e. The monoisotopic (exact) mass is 365 g/mol. The summed E-state index contributed by atoms with van der Waals surface area (Å²) >= 11 is 0. The molecular weight excluding hydrogens is 342 g/mol. The van der Waals surface area contributed by atoms with Crippen molar-refractivity contribution in [1.29, 1.82) is 0 Å². The molecule has 3 aromatic heterocycles. The molecule has 140 valence electrons. The molecule has 7 heteroatoms. The summed E-state index contributed by atoms with van der Waals surface area (Å²) in [6, 6.07) is 3.87. The van der Waals surface area contributed by atoms with Crippen LogP contribution in [0.25, 0.3) is 22.2 Å². The third-order valence-electron chi connectivity index (χ3n) is 5.41. The number of nitrogens with one attached hydrogen (secondary N) is 1. The van der Waals surface area contributed by atoms with Gasteiger partial charge in [-0.05, 0) is 49.1 Å². The average molecular weight is 365 g/mol. The lowest BCUT2D eigenvalue weighted by Crippen LogP contribution is -2.28. The van der Waals surface area contributed by atoms with E-state index < -0.39 is 0 Å². The van der Waals surface area contributed by atoms with Gasteiger partial charge in [-0.2, -0.15) is 0 Å². The van der Waals surface area contributed by atoms with Crippen LogP contribution in [0.1, 0.15) is 25.7 Å². The first-order valence-corrected chi connectivity index (χ1v) is 9.28. The van der Waals surface area contributed by atoms with E-state index in [-0.39, 0.29) is 18.4 Å². The summed E-state index contributed by atoms with van der Waals surface area (Å²) in [5.41, 5.74) is 1.76. The number of hydrogen-bond donors (Lipinski definition) is 2. The number of fused-ring (bicyclic) bond motifs is 1. The summed E-state index contributed by atoms with van der Waals surface area (Å²) in [5.74, 6) is 0.900. The van der Waals surface area contributed by atoms with E-state index in [1.165, 1.54) is 0 Å². The van der Waals surface area contributed by atoms with Crippen molar-refractivity contribution in [1.82, 2.24) is 19.5 Å². The van der Waals surface area contributed by atoms with Gasteiger partial charge in [-0.15, -0.1) is 0 Å². The molecule has 3 heterocycles. The Morgan fingerprint density at radius 2 is 1.93 bits per heavy atom. The Balaban J connectivity index is 1.52. The van der Waals surface area contributed by atoms with E-state index >= 15 is 0 Å². The Morgan fingerprint density at radius 1 is 1.15 bits per heavy atom. The molecule has 0 radical (unpaired) electrons. The lowest BCUT2D eigenvalue weighted by molar-refractivity contribution is -0.121. The molecule has 1 saturated carbocycles. The van der Waals surface area contributed by atoms with Gasteiger partial charge in [-0.3, -0.25) is 9.78 Å². The smallest absolute Gasteiger partial charge is 0.228 e. The fraction of sp³-hybridized carbons (Fsp3) is 0.400. The van der Waals surface area contributed by atoms with Crippen LogP contribution in [-0.4, -0.2) is 37.1 Å². The largest absolute Gasteiger partial charge is 0.396 e. The maximum Gasteiger partial charge on any atom is 0.228 e. The van der Waals surface area contributed by atoms with Crippen LogP contribution in [0.15, 0.2) is 37.1 Å². The van der Waals surface area contributed by atoms with E-state index in [0.717, 1.165) is 47.8 Å². The van der Waals surface area contributed by atoms with Gasteiger partial charge >= 0.3 is 0 Å². The standard InChI is InChI=1S/C20H23N5O2/c1-25-12-21-10-18(25)17-6-15-7-19(23-9-16(15)8-22-17)24-20(27)14-4-2-13(11-26)3-5-14/h6-10,12-14,26H,2-5,11H2,1H3,(H,23,24,27). The molecular formula is C20H23N5O2. The van der Waals surface area contributed by atoms with Crippen LogP contribution in [0.5, 0.6) is 0 Å². The van der Waals surface area contributed by atoms with Crippen LogP contribution in [-0.2, 0) is 11.8 Å².